The van der Waals surface area contributed by atoms with Crippen molar-refractivity contribution >= 4 is 7.82 Å². The molecule has 0 aliphatic carbocycles. The average Bonchev–Trinajstić information content (AvgIpc) is 1.81. The third-order valence-electron chi connectivity index (χ3n) is 0.707. The van der Waals surface area contributed by atoms with Gasteiger partial charge >= 0.3 is 7.82 Å². The molecule has 0 aromatic rings. The van der Waals surface area contributed by atoms with Crippen molar-refractivity contribution in [2.75, 3.05) is 6.61 Å². The Hall–Kier alpha value is -0.410. The van der Waals surface area contributed by atoms with Crippen LogP contribution in [0.25, 0.3) is 0 Å². The zero-order valence-electron chi connectivity index (χ0n) is 5.36. The van der Waals surface area contributed by atoms with Crippen LogP contribution in [0.5, 0.6) is 0 Å². The lowest BCUT2D eigenvalue weighted by atomic mass is 10.3. The topological polar surface area (TPSA) is 66.8 Å². The van der Waals surface area contributed by atoms with Gasteiger partial charge < -0.3 is 9.79 Å². The zero-order chi connectivity index (χ0) is 8.20. The molecule has 10 heavy (non-hydrogen) atoms. The summed E-state index contributed by atoms with van der Waals surface area (Å²) >= 11 is 0. The van der Waals surface area contributed by atoms with Crippen LogP contribution in [0.2, 0.25) is 0 Å². The Morgan fingerprint density at radius 2 is 2.20 bits per heavy atom. The van der Waals surface area contributed by atoms with Crippen molar-refractivity contribution in [2.45, 2.75) is 0 Å². The van der Waals surface area contributed by atoms with Crippen LogP contribution in [0.15, 0.2) is 24.8 Å². The number of rotatable bonds is 4. The molecule has 0 amide bonds. The number of phosphoric acid groups is 1. The third kappa shape index (κ3) is 5.72. The molecule has 0 bridgehead atoms. The van der Waals surface area contributed by atoms with Gasteiger partial charge in [0.05, 0.1) is 6.61 Å². The van der Waals surface area contributed by atoms with Gasteiger partial charge in [-0.15, -0.1) is 0 Å². The minimum absolute atomic E-state index is 0.187. The Morgan fingerprint density at radius 3 is 2.50 bits per heavy atom. The van der Waals surface area contributed by atoms with Crippen LogP contribution in [0.1, 0.15) is 0 Å². The van der Waals surface area contributed by atoms with Crippen molar-refractivity contribution in [3.8, 4) is 0 Å². The quantitative estimate of drug-likeness (QED) is 0.477. The van der Waals surface area contributed by atoms with E-state index in [9.17, 15) is 4.57 Å². The first-order valence-corrected chi connectivity index (χ1v) is 3.99. The standard InChI is InChI=1S/C5H9O4P/c1-3-5(2)4-9-10(6,7)8/h3H,1-2,4H2,(H2,6,7,8). The monoisotopic (exact) mass is 164 g/mol. The van der Waals surface area contributed by atoms with E-state index in [-0.39, 0.29) is 6.61 Å². The first kappa shape index (κ1) is 9.59. The molecule has 0 aliphatic rings. The fourth-order valence-electron chi connectivity index (χ4n) is 0.226. The van der Waals surface area contributed by atoms with E-state index in [2.05, 4.69) is 17.7 Å². The van der Waals surface area contributed by atoms with Crippen molar-refractivity contribution in [1.82, 2.24) is 0 Å². The fraction of sp³-hybridized carbons (Fsp3) is 0.200. The number of phosphoric ester groups is 1. The molecule has 0 atom stereocenters. The largest absolute Gasteiger partial charge is 0.469 e. The molecule has 2 N–H and O–H groups in total. The van der Waals surface area contributed by atoms with Crippen molar-refractivity contribution in [2.24, 2.45) is 0 Å². The average molecular weight is 164 g/mol. The van der Waals surface area contributed by atoms with Gasteiger partial charge in [0, 0.05) is 0 Å². The summed E-state index contributed by atoms with van der Waals surface area (Å²) in [5.74, 6) is 0. The maximum Gasteiger partial charge on any atom is 0.469 e. The Kier molecular flexibility index (Phi) is 3.53. The summed E-state index contributed by atoms with van der Waals surface area (Å²) < 4.78 is 14.1. The summed E-state index contributed by atoms with van der Waals surface area (Å²) in [6.07, 6.45) is 1.37. The van der Waals surface area contributed by atoms with Gasteiger partial charge in [-0.25, -0.2) is 4.57 Å². The molecule has 0 saturated carbocycles. The van der Waals surface area contributed by atoms with Crippen LogP contribution in [-0.4, -0.2) is 16.4 Å². The number of hydrogen-bond donors (Lipinski definition) is 2. The highest BCUT2D eigenvalue weighted by atomic mass is 31.2. The molecule has 0 aromatic carbocycles. The van der Waals surface area contributed by atoms with Crippen LogP contribution in [0.3, 0.4) is 0 Å². The summed E-state index contributed by atoms with van der Waals surface area (Å²) in [6.45, 7) is 6.53. The highest BCUT2D eigenvalue weighted by Crippen LogP contribution is 2.35. The molecule has 0 spiro atoms. The lowest BCUT2D eigenvalue weighted by molar-refractivity contribution is 0.213. The van der Waals surface area contributed by atoms with Gasteiger partial charge in [0.25, 0.3) is 0 Å². The van der Waals surface area contributed by atoms with Crippen molar-refractivity contribution < 1.29 is 18.9 Å². The molecular weight excluding hydrogens is 155 g/mol. The van der Waals surface area contributed by atoms with E-state index in [1.54, 1.807) is 0 Å². The molecule has 0 rings (SSSR count). The summed E-state index contributed by atoms with van der Waals surface area (Å²) in [5, 5.41) is 0. The van der Waals surface area contributed by atoms with E-state index in [1.165, 1.54) is 6.08 Å². The van der Waals surface area contributed by atoms with Crippen molar-refractivity contribution in [3.63, 3.8) is 0 Å². The maximum absolute atomic E-state index is 10.0. The lowest BCUT2D eigenvalue weighted by Gasteiger charge is -2.03. The Morgan fingerprint density at radius 1 is 1.70 bits per heavy atom. The summed E-state index contributed by atoms with van der Waals surface area (Å²) in [5.41, 5.74) is 0.434. The van der Waals surface area contributed by atoms with Crippen LogP contribution < -0.4 is 0 Å². The Bertz CT molecular complexity index is 180. The van der Waals surface area contributed by atoms with Gasteiger partial charge in [-0.2, -0.15) is 0 Å². The molecule has 0 radical (unpaired) electrons. The highest BCUT2D eigenvalue weighted by Gasteiger charge is 2.12. The van der Waals surface area contributed by atoms with Gasteiger partial charge in [0.2, 0.25) is 0 Å². The molecular formula is C5H9O4P. The minimum Gasteiger partial charge on any atom is -0.303 e. The first-order valence-electron chi connectivity index (χ1n) is 2.46. The molecule has 0 fully saturated rings. The van der Waals surface area contributed by atoms with Crippen LogP contribution in [-0.2, 0) is 9.09 Å². The summed E-state index contributed by atoms with van der Waals surface area (Å²) in [6, 6.07) is 0. The third-order valence-corrected chi connectivity index (χ3v) is 1.17. The van der Waals surface area contributed by atoms with Gasteiger partial charge in [-0.3, -0.25) is 4.52 Å². The molecule has 4 nitrogen and oxygen atoms in total. The van der Waals surface area contributed by atoms with Gasteiger partial charge in [-0.1, -0.05) is 19.2 Å². The number of hydrogen-bond acceptors (Lipinski definition) is 2. The predicted molar refractivity (Wildman–Crippen MR) is 37.3 cm³/mol. The second kappa shape index (κ2) is 3.68. The zero-order valence-corrected chi connectivity index (χ0v) is 6.25. The van der Waals surface area contributed by atoms with Crippen molar-refractivity contribution in [3.05, 3.63) is 24.8 Å². The highest BCUT2D eigenvalue weighted by molar-refractivity contribution is 7.46. The van der Waals surface area contributed by atoms with E-state index in [4.69, 9.17) is 9.79 Å². The molecule has 0 aromatic heterocycles. The lowest BCUT2D eigenvalue weighted by Crippen LogP contribution is -1.92. The minimum atomic E-state index is -4.34. The fourth-order valence-corrected chi connectivity index (χ4v) is 0.560. The first-order chi connectivity index (χ1) is 4.45. The van der Waals surface area contributed by atoms with E-state index in [0.717, 1.165) is 0 Å². The second-order valence-electron chi connectivity index (χ2n) is 1.63. The van der Waals surface area contributed by atoms with Gasteiger partial charge in [0.15, 0.2) is 0 Å². The molecule has 0 aliphatic heterocycles. The molecule has 0 heterocycles. The molecule has 0 saturated heterocycles. The van der Waals surface area contributed by atoms with E-state index >= 15 is 0 Å². The predicted octanol–water partition coefficient (Wildman–Crippen LogP) is 0.838. The Balaban J connectivity index is 3.66. The second-order valence-corrected chi connectivity index (χ2v) is 2.87. The van der Waals surface area contributed by atoms with Crippen LogP contribution in [0.4, 0.5) is 0 Å². The maximum atomic E-state index is 10.0. The van der Waals surface area contributed by atoms with Gasteiger partial charge in [-0.05, 0) is 5.57 Å². The van der Waals surface area contributed by atoms with E-state index < -0.39 is 7.82 Å². The van der Waals surface area contributed by atoms with Crippen LogP contribution in [0, 0.1) is 0 Å². The summed E-state index contributed by atoms with van der Waals surface area (Å²) in [7, 11) is -4.34. The van der Waals surface area contributed by atoms with Crippen LogP contribution >= 0.6 is 7.82 Å². The summed E-state index contributed by atoms with van der Waals surface area (Å²) in [4.78, 5) is 16.4. The van der Waals surface area contributed by atoms with E-state index in [0.29, 0.717) is 5.57 Å². The van der Waals surface area contributed by atoms with E-state index in [1.807, 2.05) is 0 Å². The van der Waals surface area contributed by atoms with Gasteiger partial charge in [0.1, 0.15) is 0 Å². The van der Waals surface area contributed by atoms with Crippen molar-refractivity contribution in [1.29, 1.82) is 0 Å². The Labute approximate surface area is 59.1 Å². The smallest absolute Gasteiger partial charge is 0.303 e. The normalized spacial score (nSPS) is 11.0. The molecule has 58 valence electrons. The SMILES string of the molecule is C=CC(=C)COP(=O)(O)O. The molecule has 5 heteroatoms. The molecule has 0 unspecified atom stereocenters.